The Hall–Kier alpha value is -1.49. The Morgan fingerprint density at radius 1 is 1.57 bits per heavy atom. The van der Waals surface area contributed by atoms with Crippen LogP contribution in [-0.4, -0.2) is 12.1 Å². The fraction of sp³-hybridized carbons (Fsp3) is 0.444. The number of aromatic nitrogens is 1. The fourth-order valence-corrected chi connectivity index (χ4v) is 1.12. The van der Waals surface area contributed by atoms with Gasteiger partial charge < -0.3 is 10.6 Å². The van der Waals surface area contributed by atoms with E-state index >= 15 is 0 Å². The molecular formula is C9H14N4O. The van der Waals surface area contributed by atoms with Gasteiger partial charge in [-0.1, -0.05) is 11.3 Å². The molecule has 0 saturated heterocycles. The van der Waals surface area contributed by atoms with Crippen molar-refractivity contribution >= 4 is 0 Å². The number of ether oxygens (including phenoxy) is 1. The van der Waals surface area contributed by atoms with Gasteiger partial charge in [0.1, 0.15) is 6.04 Å². The molecule has 1 atom stereocenters. The third-order valence-corrected chi connectivity index (χ3v) is 1.79. The minimum Gasteiger partial charge on any atom is -0.378 e. The Bertz CT molecular complexity index is 313. The highest BCUT2D eigenvalue weighted by Gasteiger charge is 2.05. The maximum atomic E-state index is 4.98. The molecule has 0 saturated carbocycles. The fourth-order valence-electron chi connectivity index (χ4n) is 1.12. The molecule has 1 aromatic heterocycles. The number of nitrogens with zero attached hydrogens (tertiary/aromatic N) is 3. The summed E-state index contributed by atoms with van der Waals surface area (Å²) < 4.78 is 4.98. The zero-order chi connectivity index (χ0) is 10.4. The Balaban J connectivity index is 2.82. The van der Waals surface area contributed by atoms with Gasteiger partial charge in [-0.15, -0.1) is 0 Å². The van der Waals surface area contributed by atoms with Crippen molar-refractivity contribution in [3.63, 3.8) is 0 Å². The Morgan fingerprint density at radius 3 is 3.00 bits per heavy atom. The zero-order valence-corrected chi connectivity index (χ0v) is 8.34. The van der Waals surface area contributed by atoms with Crippen LogP contribution < -0.4 is 5.84 Å². The van der Waals surface area contributed by atoms with Crippen molar-refractivity contribution in [1.29, 1.82) is 0 Å². The number of hydrogen-bond acceptors (Lipinski definition) is 4. The zero-order valence-electron chi connectivity index (χ0n) is 8.34. The number of methoxy groups -OCH3 is 1. The SMILES string of the molecule is COCc1cccc(C(C)N=NN)n1. The molecule has 5 nitrogen and oxygen atoms in total. The van der Waals surface area contributed by atoms with Gasteiger partial charge in [-0.05, 0) is 19.1 Å². The highest BCUT2D eigenvalue weighted by Crippen LogP contribution is 2.14. The molecule has 0 amide bonds. The number of pyridine rings is 1. The predicted octanol–water partition coefficient (Wildman–Crippen LogP) is 1.61. The average molecular weight is 194 g/mol. The third-order valence-electron chi connectivity index (χ3n) is 1.79. The van der Waals surface area contributed by atoms with Crippen LogP contribution in [0.5, 0.6) is 0 Å². The van der Waals surface area contributed by atoms with E-state index in [1.165, 1.54) is 0 Å². The predicted molar refractivity (Wildman–Crippen MR) is 52.4 cm³/mol. The number of rotatable bonds is 4. The first kappa shape index (κ1) is 10.6. The molecule has 2 N–H and O–H groups in total. The van der Waals surface area contributed by atoms with Crippen LogP contribution in [0.4, 0.5) is 0 Å². The Labute approximate surface area is 83.0 Å². The van der Waals surface area contributed by atoms with E-state index in [0.29, 0.717) is 6.61 Å². The normalized spacial score (nSPS) is 13.3. The molecule has 1 aromatic rings. The summed E-state index contributed by atoms with van der Waals surface area (Å²) in [5.74, 6) is 4.97. The lowest BCUT2D eigenvalue weighted by atomic mass is 10.2. The van der Waals surface area contributed by atoms with Gasteiger partial charge in [-0.3, -0.25) is 4.98 Å². The van der Waals surface area contributed by atoms with Crippen molar-refractivity contribution in [1.82, 2.24) is 4.98 Å². The van der Waals surface area contributed by atoms with Crippen LogP contribution in [-0.2, 0) is 11.3 Å². The first-order valence-corrected chi connectivity index (χ1v) is 4.32. The Kier molecular flexibility index (Phi) is 4.00. The largest absolute Gasteiger partial charge is 0.378 e. The van der Waals surface area contributed by atoms with Gasteiger partial charge in [0.05, 0.1) is 18.0 Å². The minimum atomic E-state index is -0.114. The van der Waals surface area contributed by atoms with Crippen molar-refractivity contribution in [3.8, 4) is 0 Å². The second kappa shape index (κ2) is 5.29. The van der Waals surface area contributed by atoms with Crippen LogP contribution in [0.2, 0.25) is 0 Å². The summed E-state index contributed by atoms with van der Waals surface area (Å²) in [6.07, 6.45) is 0. The average Bonchev–Trinajstić information content (AvgIpc) is 2.19. The molecule has 1 heterocycles. The summed E-state index contributed by atoms with van der Waals surface area (Å²) >= 11 is 0. The van der Waals surface area contributed by atoms with Crippen molar-refractivity contribution in [2.75, 3.05) is 7.11 Å². The molecule has 76 valence electrons. The molecule has 0 aliphatic rings. The molecule has 0 fully saturated rings. The molecule has 0 aliphatic carbocycles. The highest BCUT2D eigenvalue weighted by molar-refractivity contribution is 5.13. The van der Waals surface area contributed by atoms with Crippen LogP contribution in [0.3, 0.4) is 0 Å². The van der Waals surface area contributed by atoms with Crippen LogP contribution in [0.1, 0.15) is 24.4 Å². The summed E-state index contributed by atoms with van der Waals surface area (Å²) in [4.78, 5) is 4.35. The van der Waals surface area contributed by atoms with Crippen LogP contribution >= 0.6 is 0 Å². The standard InChI is InChI=1S/C9H14N4O/c1-7(12-13-10)9-5-3-4-8(11-9)6-14-2/h3-5,7H,6H2,1-2H3,(H2,10,12). The van der Waals surface area contributed by atoms with Gasteiger partial charge in [0.2, 0.25) is 0 Å². The van der Waals surface area contributed by atoms with Gasteiger partial charge in [0, 0.05) is 7.11 Å². The summed E-state index contributed by atoms with van der Waals surface area (Å²) in [6, 6.07) is 5.59. The summed E-state index contributed by atoms with van der Waals surface area (Å²) in [5, 5.41) is 7.04. The molecule has 0 spiro atoms. The van der Waals surface area contributed by atoms with Crippen LogP contribution in [0.15, 0.2) is 28.5 Å². The van der Waals surface area contributed by atoms with Crippen molar-refractivity contribution in [2.45, 2.75) is 19.6 Å². The molecule has 0 radical (unpaired) electrons. The molecule has 5 heteroatoms. The van der Waals surface area contributed by atoms with E-state index in [9.17, 15) is 0 Å². The van der Waals surface area contributed by atoms with Gasteiger partial charge in [0.15, 0.2) is 0 Å². The van der Waals surface area contributed by atoms with Gasteiger partial charge in [-0.2, -0.15) is 5.11 Å². The maximum Gasteiger partial charge on any atom is 0.112 e. The molecule has 0 bridgehead atoms. The quantitative estimate of drug-likeness (QED) is 0.449. The molecule has 1 unspecified atom stereocenters. The number of hydrogen-bond donors (Lipinski definition) is 1. The lowest BCUT2D eigenvalue weighted by molar-refractivity contribution is 0.181. The van der Waals surface area contributed by atoms with Crippen molar-refractivity contribution < 1.29 is 4.74 Å². The third kappa shape index (κ3) is 2.77. The lowest BCUT2D eigenvalue weighted by Gasteiger charge is -2.05. The van der Waals surface area contributed by atoms with E-state index in [4.69, 9.17) is 10.6 Å². The summed E-state index contributed by atoms with van der Waals surface area (Å²) in [6.45, 7) is 2.38. The lowest BCUT2D eigenvalue weighted by Crippen LogP contribution is -1.99. The summed E-state index contributed by atoms with van der Waals surface area (Å²) in [5.41, 5.74) is 1.72. The van der Waals surface area contributed by atoms with Gasteiger partial charge in [0.25, 0.3) is 0 Å². The van der Waals surface area contributed by atoms with Crippen LogP contribution in [0, 0.1) is 0 Å². The molecule has 1 rings (SSSR count). The topological polar surface area (TPSA) is 72.9 Å². The monoisotopic (exact) mass is 194 g/mol. The van der Waals surface area contributed by atoms with E-state index in [1.807, 2.05) is 25.1 Å². The molecule has 0 aromatic carbocycles. The summed E-state index contributed by atoms with van der Waals surface area (Å²) in [7, 11) is 1.64. The van der Waals surface area contributed by atoms with Crippen molar-refractivity contribution in [3.05, 3.63) is 29.6 Å². The van der Waals surface area contributed by atoms with Crippen molar-refractivity contribution in [2.24, 2.45) is 16.2 Å². The maximum absolute atomic E-state index is 4.98. The van der Waals surface area contributed by atoms with E-state index in [2.05, 4.69) is 15.3 Å². The van der Waals surface area contributed by atoms with E-state index in [1.54, 1.807) is 7.11 Å². The smallest absolute Gasteiger partial charge is 0.112 e. The first-order valence-electron chi connectivity index (χ1n) is 4.32. The van der Waals surface area contributed by atoms with E-state index in [0.717, 1.165) is 11.4 Å². The molecule has 0 aliphatic heterocycles. The van der Waals surface area contributed by atoms with E-state index < -0.39 is 0 Å². The van der Waals surface area contributed by atoms with Gasteiger partial charge >= 0.3 is 0 Å². The second-order valence-corrected chi connectivity index (χ2v) is 2.89. The second-order valence-electron chi connectivity index (χ2n) is 2.89. The highest BCUT2D eigenvalue weighted by atomic mass is 16.5. The molecular weight excluding hydrogens is 180 g/mol. The number of nitrogens with two attached hydrogens (primary N) is 1. The van der Waals surface area contributed by atoms with E-state index in [-0.39, 0.29) is 6.04 Å². The minimum absolute atomic E-state index is 0.114. The van der Waals surface area contributed by atoms with Crippen LogP contribution in [0.25, 0.3) is 0 Å². The Morgan fingerprint density at radius 2 is 2.36 bits per heavy atom. The van der Waals surface area contributed by atoms with Gasteiger partial charge in [-0.25, -0.2) is 0 Å². The first-order chi connectivity index (χ1) is 6.77. The molecule has 14 heavy (non-hydrogen) atoms.